The second-order valence-electron chi connectivity index (χ2n) is 3.15. The average molecular weight is 188 g/mol. The molecule has 0 fully saturated rings. The van der Waals surface area contributed by atoms with Crippen LogP contribution in [0.3, 0.4) is 0 Å². The number of nitrogens with zero attached hydrogens (tertiary/aromatic N) is 1. The molecule has 3 heteroatoms. The molecule has 0 saturated carbocycles. The van der Waals surface area contributed by atoms with Gasteiger partial charge in [-0.25, -0.2) is 4.99 Å². The first-order valence-corrected chi connectivity index (χ1v) is 4.98. The van der Waals surface area contributed by atoms with Crippen LogP contribution in [0, 0.1) is 0 Å². The normalized spacial score (nSPS) is 23.5. The molecule has 1 aliphatic heterocycles. The molecular weight excluding hydrogens is 180 g/mol. The summed E-state index contributed by atoms with van der Waals surface area (Å²) in [4.78, 5) is 5.64. The van der Waals surface area contributed by atoms with E-state index in [-0.39, 0.29) is 6.04 Å². The van der Waals surface area contributed by atoms with Crippen molar-refractivity contribution in [1.29, 1.82) is 0 Å². The predicted molar refractivity (Wildman–Crippen MR) is 56.4 cm³/mol. The third kappa shape index (κ3) is 0.937. The van der Waals surface area contributed by atoms with Crippen molar-refractivity contribution in [2.45, 2.75) is 6.04 Å². The quantitative estimate of drug-likeness (QED) is 0.677. The maximum atomic E-state index is 5.65. The summed E-state index contributed by atoms with van der Waals surface area (Å²) >= 11 is 1.58. The Kier molecular flexibility index (Phi) is 1.32. The van der Waals surface area contributed by atoms with Crippen molar-refractivity contribution in [3.05, 3.63) is 40.3 Å². The van der Waals surface area contributed by atoms with Crippen LogP contribution in [0.5, 0.6) is 0 Å². The summed E-state index contributed by atoms with van der Waals surface area (Å²) in [7, 11) is 0. The highest BCUT2D eigenvalue weighted by molar-refractivity contribution is 8.17. The van der Waals surface area contributed by atoms with Gasteiger partial charge in [-0.1, -0.05) is 36.0 Å². The number of fused-ring (bicyclic) bond motifs is 3. The summed E-state index contributed by atoms with van der Waals surface area (Å²) in [6, 6.07) is 8.53. The third-order valence-electron chi connectivity index (χ3n) is 2.34. The largest absolute Gasteiger partial charge is 0.378 e. The van der Waals surface area contributed by atoms with Gasteiger partial charge in [0.15, 0.2) is 5.17 Å². The average Bonchev–Trinajstić information content (AvgIpc) is 2.60. The van der Waals surface area contributed by atoms with Gasteiger partial charge >= 0.3 is 0 Å². The van der Waals surface area contributed by atoms with Gasteiger partial charge in [0.2, 0.25) is 0 Å². The first-order chi connectivity index (χ1) is 6.34. The first-order valence-electron chi connectivity index (χ1n) is 4.16. The molecule has 1 unspecified atom stereocenters. The van der Waals surface area contributed by atoms with Gasteiger partial charge in [-0.2, -0.15) is 0 Å². The van der Waals surface area contributed by atoms with E-state index >= 15 is 0 Å². The molecule has 13 heavy (non-hydrogen) atoms. The number of benzene rings is 1. The predicted octanol–water partition coefficient (Wildman–Crippen LogP) is 2.14. The SMILES string of the molecule is NC1=NC2C(=Cc3ccccc32)S1. The second-order valence-corrected chi connectivity index (χ2v) is 4.24. The summed E-state index contributed by atoms with van der Waals surface area (Å²) in [6.07, 6.45) is 2.17. The van der Waals surface area contributed by atoms with E-state index in [0.29, 0.717) is 5.17 Å². The Morgan fingerprint density at radius 1 is 1.31 bits per heavy atom. The second kappa shape index (κ2) is 2.39. The Bertz CT molecular complexity index is 434. The number of aliphatic imine (C=N–C) groups is 1. The Labute approximate surface area is 80.5 Å². The molecule has 64 valence electrons. The van der Waals surface area contributed by atoms with E-state index in [0.717, 1.165) is 0 Å². The van der Waals surface area contributed by atoms with E-state index in [1.54, 1.807) is 11.8 Å². The van der Waals surface area contributed by atoms with Gasteiger partial charge in [0.25, 0.3) is 0 Å². The highest BCUT2D eigenvalue weighted by Crippen LogP contribution is 2.46. The molecule has 1 aromatic carbocycles. The molecular formula is C10H8N2S. The van der Waals surface area contributed by atoms with Gasteiger partial charge in [-0.15, -0.1) is 0 Å². The summed E-state index contributed by atoms with van der Waals surface area (Å²) in [5.74, 6) is 0. The molecule has 1 atom stereocenters. The Morgan fingerprint density at radius 3 is 3.08 bits per heavy atom. The number of thioether (sulfide) groups is 1. The molecule has 1 aromatic rings. The van der Waals surface area contributed by atoms with Crippen molar-refractivity contribution in [3.8, 4) is 0 Å². The lowest BCUT2D eigenvalue weighted by Gasteiger charge is -2.02. The standard InChI is InChI=1S/C10H8N2S/c11-10-12-9-7-4-2-1-3-6(7)5-8(9)13-10/h1-5,9H,(H2,11,12). The van der Waals surface area contributed by atoms with Crippen LogP contribution in [0.4, 0.5) is 0 Å². The minimum Gasteiger partial charge on any atom is -0.378 e. The van der Waals surface area contributed by atoms with Crippen LogP contribution in [-0.2, 0) is 0 Å². The van der Waals surface area contributed by atoms with Crippen molar-refractivity contribution in [3.63, 3.8) is 0 Å². The molecule has 0 bridgehead atoms. The number of amidine groups is 1. The molecule has 0 spiro atoms. The van der Waals surface area contributed by atoms with Crippen LogP contribution in [0.15, 0.2) is 34.2 Å². The fraction of sp³-hybridized carbons (Fsp3) is 0.100. The molecule has 0 radical (unpaired) electrons. The lowest BCUT2D eigenvalue weighted by molar-refractivity contribution is 0.931. The first kappa shape index (κ1) is 7.21. The molecule has 2 aliphatic rings. The van der Waals surface area contributed by atoms with Crippen LogP contribution < -0.4 is 5.73 Å². The Hall–Kier alpha value is -1.22. The summed E-state index contributed by atoms with van der Waals surface area (Å²) in [5, 5.41) is 0.686. The van der Waals surface area contributed by atoms with Crippen LogP contribution in [0.1, 0.15) is 17.2 Å². The summed E-state index contributed by atoms with van der Waals surface area (Å²) in [5.41, 5.74) is 8.22. The van der Waals surface area contributed by atoms with Gasteiger partial charge < -0.3 is 5.73 Å². The van der Waals surface area contributed by atoms with Crippen molar-refractivity contribution in [2.24, 2.45) is 10.7 Å². The van der Waals surface area contributed by atoms with Gasteiger partial charge in [0.1, 0.15) is 6.04 Å². The van der Waals surface area contributed by atoms with Crippen LogP contribution in [0.2, 0.25) is 0 Å². The zero-order valence-electron chi connectivity index (χ0n) is 6.90. The maximum Gasteiger partial charge on any atom is 0.159 e. The molecule has 2 N–H and O–H groups in total. The van der Waals surface area contributed by atoms with Gasteiger partial charge in [-0.05, 0) is 17.2 Å². The number of hydrogen-bond donors (Lipinski definition) is 1. The molecule has 0 saturated heterocycles. The summed E-state index contributed by atoms with van der Waals surface area (Å²) in [6.45, 7) is 0. The lowest BCUT2D eigenvalue weighted by atomic mass is 10.1. The molecule has 2 nitrogen and oxygen atoms in total. The van der Waals surface area contributed by atoms with Crippen molar-refractivity contribution < 1.29 is 0 Å². The van der Waals surface area contributed by atoms with Gasteiger partial charge in [0, 0.05) is 4.91 Å². The fourth-order valence-electron chi connectivity index (χ4n) is 1.77. The Balaban J connectivity index is 2.17. The fourth-order valence-corrected chi connectivity index (χ4v) is 2.65. The van der Waals surface area contributed by atoms with E-state index in [4.69, 9.17) is 5.73 Å². The lowest BCUT2D eigenvalue weighted by Crippen LogP contribution is -2.01. The monoisotopic (exact) mass is 188 g/mol. The van der Waals surface area contributed by atoms with Gasteiger partial charge in [0.05, 0.1) is 0 Å². The number of hydrogen-bond acceptors (Lipinski definition) is 3. The van der Waals surface area contributed by atoms with E-state index in [9.17, 15) is 0 Å². The van der Waals surface area contributed by atoms with E-state index in [1.165, 1.54) is 16.0 Å². The number of rotatable bonds is 0. The highest BCUT2D eigenvalue weighted by Gasteiger charge is 2.30. The zero-order valence-corrected chi connectivity index (χ0v) is 7.71. The van der Waals surface area contributed by atoms with Crippen LogP contribution in [0.25, 0.3) is 6.08 Å². The smallest absolute Gasteiger partial charge is 0.159 e. The minimum atomic E-state index is 0.196. The van der Waals surface area contributed by atoms with Crippen LogP contribution in [-0.4, -0.2) is 5.17 Å². The van der Waals surface area contributed by atoms with E-state index in [2.05, 4.69) is 29.3 Å². The third-order valence-corrected chi connectivity index (χ3v) is 3.23. The highest BCUT2D eigenvalue weighted by atomic mass is 32.2. The minimum absolute atomic E-state index is 0.196. The van der Waals surface area contributed by atoms with Gasteiger partial charge in [-0.3, -0.25) is 0 Å². The maximum absolute atomic E-state index is 5.65. The van der Waals surface area contributed by atoms with E-state index < -0.39 is 0 Å². The zero-order chi connectivity index (χ0) is 8.84. The van der Waals surface area contributed by atoms with Crippen molar-refractivity contribution in [1.82, 2.24) is 0 Å². The number of nitrogens with two attached hydrogens (primary N) is 1. The molecule has 0 amide bonds. The van der Waals surface area contributed by atoms with Crippen molar-refractivity contribution in [2.75, 3.05) is 0 Å². The summed E-state index contributed by atoms with van der Waals surface area (Å²) < 4.78 is 0. The Morgan fingerprint density at radius 2 is 2.15 bits per heavy atom. The molecule has 1 heterocycles. The molecule has 1 aliphatic carbocycles. The van der Waals surface area contributed by atoms with E-state index in [1.807, 2.05) is 6.07 Å². The molecule has 3 rings (SSSR count). The van der Waals surface area contributed by atoms with Crippen LogP contribution >= 0.6 is 11.8 Å². The molecule has 0 aromatic heterocycles. The topological polar surface area (TPSA) is 38.4 Å². The van der Waals surface area contributed by atoms with Crippen molar-refractivity contribution >= 4 is 23.0 Å².